The van der Waals surface area contributed by atoms with Crippen LogP contribution in [0.5, 0.6) is 0 Å². The fourth-order valence-corrected chi connectivity index (χ4v) is 6.10. The largest absolute Gasteiger partial charge is 0.388 e. The Balaban J connectivity index is 1.62. The monoisotopic (exact) mass is 578 g/mol. The summed E-state index contributed by atoms with van der Waals surface area (Å²) in [7, 11) is -3.92. The second-order valence-corrected chi connectivity index (χ2v) is 12.1. The van der Waals surface area contributed by atoms with Crippen LogP contribution < -0.4 is 10.0 Å². The zero-order chi connectivity index (χ0) is 29.5. The molecule has 8 heteroatoms. The normalized spacial score (nSPS) is 13.7. The van der Waals surface area contributed by atoms with E-state index in [0.717, 1.165) is 5.56 Å². The van der Waals surface area contributed by atoms with E-state index in [-0.39, 0.29) is 10.8 Å². The Morgan fingerprint density at radius 1 is 0.690 bits per heavy atom. The van der Waals surface area contributed by atoms with Crippen LogP contribution in [-0.2, 0) is 10.0 Å². The van der Waals surface area contributed by atoms with Crippen molar-refractivity contribution in [2.24, 2.45) is 0 Å². The molecule has 0 bridgehead atoms. The predicted octanol–water partition coefficient (Wildman–Crippen LogP) is 7.07. The lowest BCUT2D eigenvalue weighted by atomic mass is 9.82. The summed E-state index contributed by atoms with van der Waals surface area (Å²) in [5, 5.41) is 15.4. The molecule has 5 rings (SSSR count). The summed E-state index contributed by atoms with van der Waals surface area (Å²) in [6, 6.07) is 34.0. The summed E-state index contributed by atoms with van der Waals surface area (Å²) >= 11 is 0. The molecule has 5 aromatic rings. The molecular formula is C34H34N4O3S. The number of sulfonamides is 1. The molecule has 0 aliphatic heterocycles. The summed E-state index contributed by atoms with van der Waals surface area (Å²) in [5.41, 5.74) is 3.44. The van der Waals surface area contributed by atoms with Crippen molar-refractivity contribution in [3.05, 3.63) is 150 Å². The maximum Gasteiger partial charge on any atom is 0.261 e. The van der Waals surface area contributed by atoms with Crippen LogP contribution in [0, 0.1) is 0 Å². The molecular weight excluding hydrogens is 544 g/mol. The van der Waals surface area contributed by atoms with Gasteiger partial charge in [0.25, 0.3) is 10.0 Å². The highest BCUT2D eigenvalue weighted by Gasteiger charge is 2.35. The molecule has 0 fully saturated rings. The molecule has 42 heavy (non-hydrogen) atoms. The molecule has 2 heterocycles. The first-order chi connectivity index (χ1) is 20.3. The van der Waals surface area contributed by atoms with E-state index in [1.165, 1.54) is 0 Å². The number of rotatable bonds is 11. The fraction of sp³-hybridized carbons (Fsp3) is 0.176. The highest BCUT2D eigenvalue weighted by molar-refractivity contribution is 7.92. The van der Waals surface area contributed by atoms with E-state index in [4.69, 9.17) is 0 Å². The molecule has 0 saturated heterocycles. The van der Waals surface area contributed by atoms with E-state index in [2.05, 4.69) is 33.9 Å². The zero-order valence-corrected chi connectivity index (χ0v) is 24.3. The molecule has 0 aliphatic carbocycles. The third kappa shape index (κ3) is 6.67. The van der Waals surface area contributed by atoms with Gasteiger partial charge in [0.15, 0.2) is 0 Å². The summed E-state index contributed by atoms with van der Waals surface area (Å²) in [5.74, 6) is 0.241. The van der Waals surface area contributed by atoms with E-state index in [1.54, 1.807) is 36.7 Å². The van der Waals surface area contributed by atoms with Gasteiger partial charge in [-0.25, -0.2) is 13.4 Å². The molecule has 3 atom stereocenters. The Kier molecular flexibility index (Phi) is 8.95. The lowest BCUT2D eigenvalue weighted by Crippen LogP contribution is -2.27. The Bertz CT molecular complexity index is 1680. The van der Waals surface area contributed by atoms with E-state index in [0.29, 0.717) is 28.3 Å². The van der Waals surface area contributed by atoms with Gasteiger partial charge in [0.1, 0.15) is 5.82 Å². The molecule has 214 valence electrons. The van der Waals surface area contributed by atoms with Crippen molar-refractivity contribution < 1.29 is 13.5 Å². The molecule has 0 spiro atoms. The van der Waals surface area contributed by atoms with E-state index >= 15 is 0 Å². The number of nitrogens with one attached hydrogen (secondary N) is 2. The highest BCUT2D eigenvalue weighted by Crippen LogP contribution is 2.44. The first kappa shape index (κ1) is 29.0. The van der Waals surface area contributed by atoms with Crippen LogP contribution in [-0.4, -0.2) is 23.5 Å². The maximum absolute atomic E-state index is 13.6. The standard InChI is InChI=1S/C34H34N4O3S/c1-24(2)25-18-20-27(21-19-25)42(40,41)38-29-15-7-6-14-28(29)33(37-31-17-9-11-23-36-31)32(30-16-8-10-22-35-30)34(39)26-12-4-3-5-13-26/h3-24,32-34,38-39H,1-2H3,(H,36,37). The van der Waals surface area contributed by atoms with Crippen molar-refractivity contribution in [1.29, 1.82) is 0 Å². The summed E-state index contributed by atoms with van der Waals surface area (Å²) in [6.07, 6.45) is 2.39. The number of hydrogen-bond donors (Lipinski definition) is 3. The van der Waals surface area contributed by atoms with Crippen LogP contribution in [0.3, 0.4) is 0 Å². The van der Waals surface area contributed by atoms with Crippen LogP contribution in [0.1, 0.15) is 60.2 Å². The second kappa shape index (κ2) is 13.0. The summed E-state index contributed by atoms with van der Waals surface area (Å²) < 4.78 is 30.0. The lowest BCUT2D eigenvalue weighted by molar-refractivity contribution is 0.133. The third-order valence-corrected chi connectivity index (χ3v) is 8.62. The number of para-hydroxylation sites is 1. The first-order valence-electron chi connectivity index (χ1n) is 13.9. The van der Waals surface area contributed by atoms with Crippen molar-refractivity contribution in [3.8, 4) is 0 Å². The van der Waals surface area contributed by atoms with Crippen molar-refractivity contribution in [3.63, 3.8) is 0 Å². The lowest BCUT2D eigenvalue weighted by Gasteiger charge is -2.33. The molecule has 3 aromatic carbocycles. The van der Waals surface area contributed by atoms with Gasteiger partial charge in [-0.2, -0.15) is 0 Å². The second-order valence-electron chi connectivity index (χ2n) is 10.4. The Labute approximate surface area is 247 Å². The number of pyridine rings is 2. The fourth-order valence-electron chi connectivity index (χ4n) is 5.01. The van der Waals surface area contributed by atoms with Crippen molar-refractivity contribution >= 4 is 21.5 Å². The van der Waals surface area contributed by atoms with Gasteiger partial charge < -0.3 is 10.4 Å². The molecule has 3 unspecified atom stereocenters. The smallest absolute Gasteiger partial charge is 0.261 e. The summed E-state index contributed by atoms with van der Waals surface area (Å²) in [4.78, 5) is 9.27. The van der Waals surface area contributed by atoms with Gasteiger partial charge in [-0.1, -0.05) is 86.6 Å². The Morgan fingerprint density at radius 3 is 1.98 bits per heavy atom. The minimum absolute atomic E-state index is 0.168. The van der Waals surface area contributed by atoms with Gasteiger partial charge in [-0.15, -0.1) is 0 Å². The Hall–Kier alpha value is -4.53. The minimum Gasteiger partial charge on any atom is -0.388 e. The van der Waals surface area contributed by atoms with Crippen molar-refractivity contribution in [1.82, 2.24) is 9.97 Å². The minimum atomic E-state index is -3.92. The van der Waals surface area contributed by atoms with Crippen molar-refractivity contribution in [2.75, 3.05) is 10.0 Å². The van der Waals surface area contributed by atoms with Crippen molar-refractivity contribution in [2.45, 2.75) is 42.7 Å². The molecule has 3 N–H and O–H groups in total. The molecule has 2 aromatic heterocycles. The molecule has 7 nitrogen and oxygen atoms in total. The number of nitrogens with zero attached hydrogens (tertiary/aromatic N) is 2. The first-order valence-corrected chi connectivity index (χ1v) is 15.3. The van der Waals surface area contributed by atoms with Crippen LogP contribution >= 0.6 is 0 Å². The number of aliphatic hydroxyl groups excluding tert-OH is 1. The predicted molar refractivity (Wildman–Crippen MR) is 167 cm³/mol. The van der Waals surface area contributed by atoms with Gasteiger partial charge in [-0.05, 0) is 65.1 Å². The van der Waals surface area contributed by atoms with E-state index in [9.17, 15) is 13.5 Å². The van der Waals surface area contributed by atoms with Crippen LogP contribution in [0.25, 0.3) is 0 Å². The number of aliphatic hydroxyl groups is 1. The van der Waals surface area contributed by atoms with Crippen LogP contribution in [0.4, 0.5) is 11.5 Å². The van der Waals surface area contributed by atoms with Crippen LogP contribution in [0.15, 0.2) is 133 Å². The number of aromatic nitrogens is 2. The molecule has 0 amide bonds. The average molecular weight is 579 g/mol. The highest BCUT2D eigenvalue weighted by atomic mass is 32.2. The number of hydrogen-bond acceptors (Lipinski definition) is 6. The van der Waals surface area contributed by atoms with Gasteiger partial charge >= 0.3 is 0 Å². The topological polar surface area (TPSA) is 104 Å². The van der Waals surface area contributed by atoms with E-state index < -0.39 is 28.1 Å². The molecule has 0 saturated carbocycles. The maximum atomic E-state index is 13.6. The Morgan fingerprint density at radius 2 is 1.33 bits per heavy atom. The number of benzene rings is 3. The zero-order valence-electron chi connectivity index (χ0n) is 23.5. The molecule has 0 radical (unpaired) electrons. The number of anilines is 2. The van der Waals surface area contributed by atoms with E-state index in [1.807, 2.05) is 91.0 Å². The third-order valence-electron chi connectivity index (χ3n) is 7.24. The SMILES string of the molecule is CC(C)c1ccc(S(=O)(=O)Nc2ccccc2C(Nc2ccccn2)C(c2ccccn2)C(O)c2ccccc2)cc1. The van der Waals surface area contributed by atoms with Crippen LogP contribution in [0.2, 0.25) is 0 Å². The van der Waals surface area contributed by atoms with Gasteiger partial charge in [0.2, 0.25) is 0 Å². The quantitative estimate of drug-likeness (QED) is 0.155. The van der Waals surface area contributed by atoms with Gasteiger partial charge in [-0.3, -0.25) is 9.71 Å². The average Bonchev–Trinajstić information content (AvgIpc) is 3.02. The summed E-state index contributed by atoms with van der Waals surface area (Å²) in [6.45, 7) is 4.13. The molecule has 0 aliphatic rings. The van der Waals surface area contributed by atoms with Gasteiger partial charge in [0.05, 0.1) is 28.6 Å². The van der Waals surface area contributed by atoms with Gasteiger partial charge in [0, 0.05) is 18.1 Å².